The highest BCUT2D eigenvalue weighted by molar-refractivity contribution is 6.32. The number of benzene rings is 1. The van der Waals surface area contributed by atoms with Crippen LogP contribution in [0.25, 0.3) is 0 Å². The van der Waals surface area contributed by atoms with E-state index in [0.29, 0.717) is 13.0 Å². The van der Waals surface area contributed by atoms with Crippen molar-refractivity contribution in [3.05, 3.63) is 28.3 Å². The van der Waals surface area contributed by atoms with Crippen LogP contribution in [0.1, 0.15) is 31.4 Å². The van der Waals surface area contributed by atoms with Crippen LogP contribution in [0.4, 0.5) is 5.69 Å². The van der Waals surface area contributed by atoms with Gasteiger partial charge in [0.2, 0.25) is 5.91 Å². The lowest BCUT2D eigenvalue weighted by molar-refractivity contribution is -0.117. The van der Waals surface area contributed by atoms with E-state index in [1.165, 1.54) is 0 Å². The first kappa shape index (κ1) is 14.4. The number of rotatable bonds is 4. The van der Waals surface area contributed by atoms with Gasteiger partial charge in [0.15, 0.2) is 0 Å². The summed E-state index contributed by atoms with van der Waals surface area (Å²) in [7, 11) is 0. The molecule has 2 rings (SSSR count). The third-order valence-corrected chi connectivity index (χ3v) is 4.13. The van der Waals surface area contributed by atoms with Gasteiger partial charge in [-0.15, -0.1) is 0 Å². The molecule has 1 saturated heterocycles. The molecule has 0 bridgehead atoms. The molecule has 1 amide bonds. The molecule has 1 aromatic carbocycles. The number of aryl methyl sites for hydroxylation is 1. The van der Waals surface area contributed by atoms with Crippen molar-refractivity contribution in [2.24, 2.45) is 5.92 Å². The number of aliphatic hydroxyl groups excluding tert-OH is 1. The highest BCUT2D eigenvalue weighted by Crippen LogP contribution is 2.35. The lowest BCUT2D eigenvalue weighted by Crippen LogP contribution is -2.27. The van der Waals surface area contributed by atoms with E-state index >= 15 is 0 Å². The molecule has 19 heavy (non-hydrogen) atoms. The van der Waals surface area contributed by atoms with Crippen LogP contribution < -0.4 is 4.90 Å². The first-order valence-electron chi connectivity index (χ1n) is 6.83. The Morgan fingerprint density at radius 1 is 1.37 bits per heavy atom. The van der Waals surface area contributed by atoms with E-state index in [4.69, 9.17) is 11.6 Å². The van der Waals surface area contributed by atoms with Crippen LogP contribution in [0.3, 0.4) is 0 Å². The minimum atomic E-state index is 0.0425. The highest BCUT2D eigenvalue weighted by atomic mass is 35.5. The van der Waals surface area contributed by atoms with Crippen molar-refractivity contribution in [2.75, 3.05) is 18.1 Å². The van der Waals surface area contributed by atoms with E-state index in [2.05, 4.69) is 6.92 Å². The van der Waals surface area contributed by atoms with E-state index in [1.807, 2.05) is 24.0 Å². The number of anilines is 1. The smallest absolute Gasteiger partial charge is 0.227 e. The van der Waals surface area contributed by atoms with Crippen LogP contribution in [0.2, 0.25) is 5.02 Å². The van der Waals surface area contributed by atoms with Crippen molar-refractivity contribution in [3.8, 4) is 0 Å². The van der Waals surface area contributed by atoms with E-state index in [0.717, 1.165) is 34.7 Å². The fourth-order valence-electron chi connectivity index (χ4n) is 2.74. The van der Waals surface area contributed by atoms with E-state index < -0.39 is 0 Å². The molecule has 3 nitrogen and oxygen atoms in total. The summed E-state index contributed by atoms with van der Waals surface area (Å²) in [5.41, 5.74) is 3.15. The maximum atomic E-state index is 12.2. The molecular formula is C15H20ClNO2. The second-order valence-electron chi connectivity index (χ2n) is 5.00. The van der Waals surface area contributed by atoms with Crippen molar-refractivity contribution in [1.29, 1.82) is 0 Å². The molecule has 0 spiro atoms. The zero-order valence-electron chi connectivity index (χ0n) is 11.4. The summed E-state index contributed by atoms with van der Waals surface area (Å²) in [6.45, 7) is 4.78. The molecule has 1 heterocycles. The molecule has 1 aliphatic heterocycles. The Balaban J connectivity index is 2.48. The van der Waals surface area contributed by atoms with Gasteiger partial charge in [-0.1, -0.05) is 31.5 Å². The van der Waals surface area contributed by atoms with E-state index in [-0.39, 0.29) is 18.4 Å². The van der Waals surface area contributed by atoms with Gasteiger partial charge in [-0.05, 0) is 30.0 Å². The summed E-state index contributed by atoms with van der Waals surface area (Å²) in [4.78, 5) is 14.0. The molecule has 1 aliphatic rings. The quantitative estimate of drug-likeness (QED) is 0.922. The van der Waals surface area contributed by atoms with Crippen molar-refractivity contribution >= 4 is 23.2 Å². The van der Waals surface area contributed by atoms with Gasteiger partial charge < -0.3 is 10.0 Å². The Hall–Kier alpha value is -1.06. The van der Waals surface area contributed by atoms with Gasteiger partial charge in [-0.2, -0.15) is 0 Å². The van der Waals surface area contributed by atoms with Crippen LogP contribution in [-0.2, 0) is 17.6 Å². The first-order valence-corrected chi connectivity index (χ1v) is 7.21. The van der Waals surface area contributed by atoms with Crippen LogP contribution in [0, 0.1) is 5.92 Å². The largest absolute Gasteiger partial charge is 0.396 e. The standard InChI is InChI=1S/C15H20ClNO2/c1-3-11-5-6-13(16)12(4-2)15(11)17-8-10(9-18)7-14(17)19/h5-6,10,18H,3-4,7-9H2,1-2H3. The zero-order chi connectivity index (χ0) is 14.0. The minimum absolute atomic E-state index is 0.0425. The molecule has 1 N–H and O–H groups in total. The molecule has 1 fully saturated rings. The normalized spacial score (nSPS) is 19.3. The topological polar surface area (TPSA) is 40.5 Å². The van der Waals surface area contributed by atoms with Gasteiger partial charge in [0.1, 0.15) is 0 Å². The number of hydrogen-bond donors (Lipinski definition) is 1. The second kappa shape index (κ2) is 5.93. The van der Waals surface area contributed by atoms with Gasteiger partial charge in [0, 0.05) is 30.5 Å². The third-order valence-electron chi connectivity index (χ3n) is 3.78. The van der Waals surface area contributed by atoms with E-state index in [9.17, 15) is 9.90 Å². The summed E-state index contributed by atoms with van der Waals surface area (Å²) in [5.74, 6) is 0.131. The zero-order valence-corrected chi connectivity index (χ0v) is 12.2. The maximum absolute atomic E-state index is 12.2. The van der Waals surface area contributed by atoms with Gasteiger partial charge >= 0.3 is 0 Å². The number of amides is 1. The van der Waals surface area contributed by atoms with Gasteiger partial charge in [0.05, 0.1) is 5.69 Å². The number of carbonyl (C=O) groups is 1. The molecular weight excluding hydrogens is 262 g/mol. The molecule has 104 valence electrons. The van der Waals surface area contributed by atoms with Crippen LogP contribution in [0.5, 0.6) is 0 Å². The van der Waals surface area contributed by atoms with E-state index in [1.54, 1.807) is 0 Å². The number of carbonyl (C=O) groups excluding carboxylic acids is 1. The summed E-state index contributed by atoms with van der Waals surface area (Å²) < 4.78 is 0. The predicted molar refractivity (Wildman–Crippen MR) is 77.8 cm³/mol. The van der Waals surface area contributed by atoms with Crippen molar-refractivity contribution in [1.82, 2.24) is 0 Å². The van der Waals surface area contributed by atoms with Crippen LogP contribution in [-0.4, -0.2) is 24.2 Å². The Labute approximate surface area is 119 Å². The summed E-state index contributed by atoms with van der Waals surface area (Å²) in [6.07, 6.45) is 2.10. The number of halogens is 1. The third kappa shape index (κ3) is 2.63. The molecule has 0 radical (unpaired) electrons. The van der Waals surface area contributed by atoms with Crippen molar-refractivity contribution in [3.63, 3.8) is 0 Å². The Morgan fingerprint density at radius 2 is 2.11 bits per heavy atom. The summed E-state index contributed by atoms with van der Waals surface area (Å²) in [5, 5.41) is 9.97. The molecule has 1 atom stereocenters. The van der Waals surface area contributed by atoms with Gasteiger partial charge in [-0.3, -0.25) is 4.79 Å². The fourth-order valence-corrected chi connectivity index (χ4v) is 3.02. The lowest BCUT2D eigenvalue weighted by Gasteiger charge is -2.24. The molecule has 1 unspecified atom stereocenters. The van der Waals surface area contributed by atoms with Crippen LogP contribution >= 0.6 is 11.6 Å². The SMILES string of the molecule is CCc1ccc(Cl)c(CC)c1N1CC(CO)CC1=O. The Kier molecular flexibility index (Phi) is 4.48. The molecule has 0 aliphatic carbocycles. The van der Waals surface area contributed by atoms with Crippen molar-refractivity contribution < 1.29 is 9.90 Å². The average molecular weight is 282 g/mol. The minimum Gasteiger partial charge on any atom is -0.396 e. The number of aliphatic hydroxyl groups is 1. The van der Waals surface area contributed by atoms with Gasteiger partial charge in [0.25, 0.3) is 0 Å². The molecule has 0 saturated carbocycles. The van der Waals surface area contributed by atoms with Gasteiger partial charge in [-0.25, -0.2) is 0 Å². The predicted octanol–water partition coefficient (Wildman–Crippen LogP) is 2.81. The maximum Gasteiger partial charge on any atom is 0.227 e. The Morgan fingerprint density at radius 3 is 2.63 bits per heavy atom. The lowest BCUT2D eigenvalue weighted by atomic mass is 10.0. The molecule has 4 heteroatoms. The monoisotopic (exact) mass is 281 g/mol. The number of nitrogens with zero attached hydrogens (tertiary/aromatic N) is 1. The first-order chi connectivity index (χ1) is 9.12. The fraction of sp³-hybridized carbons (Fsp3) is 0.533. The second-order valence-corrected chi connectivity index (χ2v) is 5.41. The number of hydrogen-bond acceptors (Lipinski definition) is 2. The Bertz CT molecular complexity index is 487. The van der Waals surface area contributed by atoms with Crippen molar-refractivity contribution in [2.45, 2.75) is 33.1 Å². The summed E-state index contributed by atoms with van der Waals surface area (Å²) in [6, 6.07) is 3.91. The highest BCUT2D eigenvalue weighted by Gasteiger charge is 2.32. The average Bonchev–Trinajstić information content (AvgIpc) is 2.79. The molecule has 1 aromatic rings. The van der Waals surface area contributed by atoms with Crippen LogP contribution in [0.15, 0.2) is 12.1 Å². The summed E-state index contributed by atoms with van der Waals surface area (Å²) >= 11 is 6.27. The molecule has 0 aromatic heterocycles.